The van der Waals surface area contributed by atoms with Crippen LogP contribution in [0.15, 0.2) is 67.1 Å². The monoisotopic (exact) mass is 264 g/mol. The van der Waals surface area contributed by atoms with Crippen molar-refractivity contribution >= 4 is 11.6 Å². The molecule has 98 valence electrons. The molecular formula is C15H12N4O. The Morgan fingerprint density at radius 3 is 2.75 bits per heavy atom. The van der Waals surface area contributed by atoms with Gasteiger partial charge < -0.3 is 5.32 Å². The van der Waals surface area contributed by atoms with E-state index >= 15 is 0 Å². The zero-order chi connectivity index (χ0) is 13.8. The third kappa shape index (κ3) is 2.56. The molecule has 0 saturated carbocycles. The van der Waals surface area contributed by atoms with Gasteiger partial charge in [-0.05, 0) is 36.4 Å². The van der Waals surface area contributed by atoms with Crippen LogP contribution >= 0.6 is 0 Å². The first-order chi connectivity index (χ1) is 9.83. The minimum Gasteiger partial charge on any atom is -0.321 e. The Morgan fingerprint density at radius 1 is 1.05 bits per heavy atom. The lowest BCUT2D eigenvalue weighted by molar-refractivity contribution is 0.102. The van der Waals surface area contributed by atoms with Gasteiger partial charge in [0, 0.05) is 24.3 Å². The minimum absolute atomic E-state index is 0.233. The van der Waals surface area contributed by atoms with Crippen molar-refractivity contribution in [3.63, 3.8) is 0 Å². The summed E-state index contributed by atoms with van der Waals surface area (Å²) in [7, 11) is 0. The highest BCUT2D eigenvalue weighted by atomic mass is 16.1. The van der Waals surface area contributed by atoms with E-state index in [2.05, 4.69) is 15.4 Å². The maximum Gasteiger partial charge on any atom is 0.274 e. The van der Waals surface area contributed by atoms with Crippen molar-refractivity contribution in [2.45, 2.75) is 0 Å². The second kappa shape index (κ2) is 5.36. The molecule has 5 nitrogen and oxygen atoms in total. The summed E-state index contributed by atoms with van der Waals surface area (Å²) >= 11 is 0. The molecule has 5 heteroatoms. The summed E-state index contributed by atoms with van der Waals surface area (Å²) in [5.74, 6) is -0.233. The van der Waals surface area contributed by atoms with Crippen LogP contribution in [0.5, 0.6) is 0 Å². The van der Waals surface area contributed by atoms with Gasteiger partial charge in [-0.25, -0.2) is 4.68 Å². The first-order valence-corrected chi connectivity index (χ1v) is 6.15. The maximum atomic E-state index is 12.0. The van der Waals surface area contributed by atoms with E-state index in [0.29, 0.717) is 11.4 Å². The number of carbonyl (C=O) groups excluding carboxylic acids is 1. The van der Waals surface area contributed by atoms with Gasteiger partial charge in [0.1, 0.15) is 5.69 Å². The van der Waals surface area contributed by atoms with Gasteiger partial charge in [-0.3, -0.25) is 9.78 Å². The fourth-order valence-corrected chi connectivity index (χ4v) is 1.84. The summed E-state index contributed by atoms with van der Waals surface area (Å²) in [6, 6.07) is 14.5. The van der Waals surface area contributed by atoms with Crippen LogP contribution in [0, 0.1) is 0 Å². The van der Waals surface area contributed by atoms with Gasteiger partial charge in [0.15, 0.2) is 0 Å². The predicted octanol–water partition coefficient (Wildman–Crippen LogP) is 2.52. The zero-order valence-electron chi connectivity index (χ0n) is 10.6. The number of carbonyl (C=O) groups is 1. The standard InChI is InChI=1S/C15H12N4O/c20-15(14-7-1-2-8-16-14)18-12-5-3-6-13(11-12)19-10-4-9-17-19/h1-11H,(H,18,20). The third-order valence-electron chi connectivity index (χ3n) is 2.77. The largest absolute Gasteiger partial charge is 0.321 e. The lowest BCUT2D eigenvalue weighted by atomic mass is 10.2. The molecule has 1 N–H and O–H groups in total. The number of amides is 1. The molecular weight excluding hydrogens is 252 g/mol. The smallest absolute Gasteiger partial charge is 0.274 e. The molecule has 0 unspecified atom stereocenters. The lowest BCUT2D eigenvalue weighted by Crippen LogP contribution is -2.13. The van der Waals surface area contributed by atoms with Gasteiger partial charge in [-0.2, -0.15) is 5.10 Å². The molecule has 0 saturated heterocycles. The number of anilines is 1. The number of pyridine rings is 1. The van der Waals surface area contributed by atoms with E-state index in [1.807, 2.05) is 36.5 Å². The van der Waals surface area contributed by atoms with Crippen LogP contribution in [0.25, 0.3) is 5.69 Å². The minimum atomic E-state index is -0.233. The molecule has 20 heavy (non-hydrogen) atoms. The van der Waals surface area contributed by atoms with E-state index in [1.54, 1.807) is 35.3 Å². The normalized spacial score (nSPS) is 10.2. The van der Waals surface area contributed by atoms with Crippen LogP contribution in [0.1, 0.15) is 10.5 Å². The van der Waals surface area contributed by atoms with Gasteiger partial charge in [-0.15, -0.1) is 0 Å². The molecule has 0 fully saturated rings. The van der Waals surface area contributed by atoms with Crippen molar-refractivity contribution in [2.75, 3.05) is 5.32 Å². The van der Waals surface area contributed by atoms with Gasteiger partial charge in [0.25, 0.3) is 5.91 Å². The highest BCUT2D eigenvalue weighted by Gasteiger charge is 2.07. The van der Waals surface area contributed by atoms with Crippen molar-refractivity contribution in [1.82, 2.24) is 14.8 Å². The molecule has 0 radical (unpaired) electrons. The molecule has 3 rings (SSSR count). The SMILES string of the molecule is O=C(Nc1cccc(-n2cccn2)c1)c1ccccn1. The fourth-order valence-electron chi connectivity index (χ4n) is 1.84. The molecule has 3 aromatic rings. The Hall–Kier alpha value is -2.95. The van der Waals surface area contributed by atoms with E-state index in [4.69, 9.17) is 0 Å². The molecule has 0 spiro atoms. The van der Waals surface area contributed by atoms with E-state index in [0.717, 1.165) is 5.69 Å². The van der Waals surface area contributed by atoms with E-state index < -0.39 is 0 Å². The summed E-state index contributed by atoms with van der Waals surface area (Å²) in [5.41, 5.74) is 1.97. The van der Waals surface area contributed by atoms with Crippen molar-refractivity contribution in [1.29, 1.82) is 0 Å². The summed E-state index contributed by atoms with van der Waals surface area (Å²) < 4.78 is 1.73. The van der Waals surface area contributed by atoms with E-state index in [-0.39, 0.29) is 5.91 Å². The summed E-state index contributed by atoms with van der Waals surface area (Å²) in [5, 5.41) is 6.97. The molecule has 0 atom stereocenters. The number of nitrogens with zero attached hydrogens (tertiary/aromatic N) is 3. The molecule has 2 heterocycles. The average molecular weight is 264 g/mol. The number of rotatable bonds is 3. The summed E-state index contributed by atoms with van der Waals surface area (Å²) in [4.78, 5) is 16.0. The molecule has 0 aliphatic rings. The Bertz CT molecular complexity index is 708. The zero-order valence-corrected chi connectivity index (χ0v) is 10.6. The molecule has 1 aromatic carbocycles. The Balaban J connectivity index is 1.82. The maximum absolute atomic E-state index is 12.0. The second-order valence-corrected chi connectivity index (χ2v) is 4.17. The highest BCUT2D eigenvalue weighted by molar-refractivity contribution is 6.02. The van der Waals surface area contributed by atoms with Crippen LogP contribution < -0.4 is 5.32 Å². The van der Waals surface area contributed by atoms with Crippen molar-refractivity contribution in [3.8, 4) is 5.69 Å². The lowest BCUT2D eigenvalue weighted by Gasteiger charge is -2.07. The van der Waals surface area contributed by atoms with Crippen molar-refractivity contribution < 1.29 is 4.79 Å². The fraction of sp³-hybridized carbons (Fsp3) is 0. The quantitative estimate of drug-likeness (QED) is 0.790. The number of hydrogen-bond donors (Lipinski definition) is 1. The summed E-state index contributed by atoms with van der Waals surface area (Å²) in [6.45, 7) is 0. The van der Waals surface area contributed by atoms with Crippen LogP contribution in [0.3, 0.4) is 0 Å². The van der Waals surface area contributed by atoms with E-state index in [1.165, 1.54) is 0 Å². The number of aromatic nitrogens is 3. The van der Waals surface area contributed by atoms with Gasteiger partial charge >= 0.3 is 0 Å². The highest BCUT2D eigenvalue weighted by Crippen LogP contribution is 2.14. The van der Waals surface area contributed by atoms with Crippen LogP contribution in [0.4, 0.5) is 5.69 Å². The third-order valence-corrected chi connectivity index (χ3v) is 2.77. The molecule has 2 aromatic heterocycles. The Morgan fingerprint density at radius 2 is 2.00 bits per heavy atom. The Kier molecular flexibility index (Phi) is 3.24. The molecule has 0 aliphatic carbocycles. The van der Waals surface area contributed by atoms with Crippen LogP contribution in [0.2, 0.25) is 0 Å². The topological polar surface area (TPSA) is 59.8 Å². The van der Waals surface area contributed by atoms with Crippen LogP contribution in [-0.2, 0) is 0 Å². The van der Waals surface area contributed by atoms with Crippen molar-refractivity contribution in [3.05, 3.63) is 72.8 Å². The Labute approximate surface area is 115 Å². The van der Waals surface area contributed by atoms with Gasteiger partial charge in [0.2, 0.25) is 0 Å². The van der Waals surface area contributed by atoms with Crippen LogP contribution in [-0.4, -0.2) is 20.7 Å². The number of benzene rings is 1. The molecule has 1 amide bonds. The first kappa shape index (κ1) is 12.1. The van der Waals surface area contributed by atoms with E-state index in [9.17, 15) is 4.79 Å². The second-order valence-electron chi connectivity index (χ2n) is 4.17. The first-order valence-electron chi connectivity index (χ1n) is 6.15. The molecule has 0 bridgehead atoms. The predicted molar refractivity (Wildman–Crippen MR) is 75.8 cm³/mol. The number of nitrogens with one attached hydrogen (secondary N) is 1. The summed E-state index contributed by atoms with van der Waals surface area (Å²) in [6.07, 6.45) is 5.15. The molecule has 0 aliphatic heterocycles. The average Bonchev–Trinajstić information content (AvgIpc) is 3.03. The number of hydrogen-bond acceptors (Lipinski definition) is 3. The van der Waals surface area contributed by atoms with Gasteiger partial charge in [-0.1, -0.05) is 12.1 Å². The van der Waals surface area contributed by atoms with Gasteiger partial charge in [0.05, 0.1) is 5.69 Å². The van der Waals surface area contributed by atoms with Crippen molar-refractivity contribution in [2.24, 2.45) is 0 Å².